The number of likely N-dealkylation sites (tertiary alicyclic amines) is 1. The quantitative estimate of drug-likeness (QED) is 0.891. The molecule has 1 aromatic carbocycles. The maximum Gasteiger partial charge on any atom is 0.0200 e. The first kappa shape index (κ1) is 15.1. The number of hydrogen-bond donors (Lipinski definition) is 1. The Balaban J connectivity index is 1.58. The minimum Gasteiger partial charge on any atom is -0.310 e. The van der Waals surface area contributed by atoms with Crippen molar-refractivity contribution in [1.82, 2.24) is 10.2 Å². The van der Waals surface area contributed by atoms with E-state index in [1.54, 1.807) is 0 Å². The van der Waals surface area contributed by atoms with E-state index < -0.39 is 0 Å². The number of benzene rings is 1. The van der Waals surface area contributed by atoms with Crippen LogP contribution in [0.3, 0.4) is 0 Å². The van der Waals surface area contributed by atoms with E-state index in [0.717, 1.165) is 12.0 Å². The molecule has 0 amide bonds. The predicted octanol–water partition coefficient (Wildman–Crippen LogP) is 3.47. The number of nitrogens with zero attached hydrogens (tertiary/aromatic N) is 1. The molecule has 2 unspecified atom stereocenters. The van der Waals surface area contributed by atoms with Crippen LogP contribution in [0, 0.1) is 5.92 Å². The third kappa shape index (κ3) is 4.31. The summed E-state index contributed by atoms with van der Waals surface area (Å²) in [6, 6.07) is 12.5. The van der Waals surface area contributed by atoms with Gasteiger partial charge in [0.25, 0.3) is 0 Å². The number of piperidine rings is 1. The highest BCUT2D eigenvalue weighted by Gasteiger charge is 2.28. The predicted molar refractivity (Wildman–Crippen MR) is 89.5 cm³/mol. The molecular formula is C19H30N2. The van der Waals surface area contributed by atoms with Crippen LogP contribution in [0.25, 0.3) is 0 Å². The van der Waals surface area contributed by atoms with Crippen molar-refractivity contribution in [2.24, 2.45) is 5.92 Å². The highest BCUT2D eigenvalue weighted by atomic mass is 15.2. The Kier molecular flexibility index (Phi) is 5.32. The summed E-state index contributed by atoms with van der Waals surface area (Å²) in [6.45, 7) is 6.01. The third-order valence-corrected chi connectivity index (χ3v) is 5.25. The van der Waals surface area contributed by atoms with Gasteiger partial charge >= 0.3 is 0 Å². The molecule has 0 radical (unpaired) electrons. The van der Waals surface area contributed by atoms with Crippen LogP contribution in [0.1, 0.15) is 44.6 Å². The first-order chi connectivity index (χ1) is 10.3. The summed E-state index contributed by atoms with van der Waals surface area (Å²) in [7, 11) is 0. The maximum atomic E-state index is 3.96. The van der Waals surface area contributed by atoms with Gasteiger partial charge in [0.1, 0.15) is 0 Å². The summed E-state index contributed by atoms with van der Waals surface area (Å²) < 4.78 is 0. The van der Waals surface area contributed by atoms with Crippen molar-refractivity contribution in [3.8, 4) is 0 Å². The van der Waals surface area contributed by atoms with Crippen molar-refractivity contribution in [3.05, 3.63) is 35.9 Å². The van der Waals surface area contributed by atoms with E-state index >= 15 is 0 Å². The van der Waals surface area contributed by atoms with Crippen LogP contribution in [0.15, 0.2) is 30.3 Å². The molecule has 21 heavy (non-hydrogen) atoms. The molecule has 1 aromatic rings. The van der Waals surface area contributed by atoms with Crippen LogP contribution in [0.2, 0.25) is 0 Å². The standard InChI is InChI=1S/C19H30N2/c1-2-21-14-17(12-16-8-4-3-5-9-16)13-19(15-21)20-18-10-6-7-11-18/h3-5,8-9,17-20H,2,6-7,10-15H2,1H3. The monoisotopic (exact) mass is 286 g/mol. The zero-order chi connectivity index (χ0) is 14.5. The van der Waals surface area contributed by atoms with E-state index in [0.29, 0.717) is 6.04 Å². The zero-order valence-corrected chi connectivity index (χ0v) is 13.4. The minimum atomic E-state index is 0.704. The van der Waals surface area contributed by atoms with Crippen molar-refractivity contribution in [2.75, 3.05) is 19.6 Å². The summed E-state index contributed by atoms with van der Waals surface area (Å²) in [5.41, 5.74) is 1.50. The molecule has 1 aliphatic carbocycles. The van der Waals surface area contributed by atoms with E-state index in [1.165, 1.54) is 63.7 Å². The van der Waals surface area contributed by atoms with Gasteiger partial charge in [-0.25, -0.2) is 0 Å². The summed E-state index contributed by atoms with van der Waals surface area (Å²) in [5.74, 6) is 0.806. The second-order valence-electron chi connectivity index (χ2n) is 6.99. The van der Waals surface area contributed by atoms with E-state index in [9.17, 15) is 0 Å². The molecule has 0 spiro atoms. The molecule has 1 N–H and O–H groups in total. The summed E-state index contributed by atoms with van der Waals surface area (Å²) >= 11 is 0. The first-order valence-corrected chi connectivity index (χ1v) is 8.86. The van der Waals surface area contributed by atoms with Crippen LogP contribution in [-0.4, -0.2) is 36.6 Å². The van der Waals surface area contributed by atoms with Gasteiger partial charge in [-0.2, -0.15) is 0 Å². The fourth-order valence-electron chi connectivity index (χ4n) is 4.20. The second kappa shape index (κ2) is 7.42. The number of nitrogens with one attached hydrogen (secondary N) is 1. The fourth-order valence-corrected chi connectivity index (χ4v) is 4.20. The lowest BCUT2D eigenvalue weighted by atomic mass is 9.88. The second-order valence-corrected chi connectivity index (χ2v) is 6.99. The van der Waals surface area contributed by atoms with Crippen LogP contribution in [0.4, 0.5) is 0 Å². The highest BCUT2D eigenvalue weighted by Crippen LogP contribution is 2.24. The molecule has 0 aromatic heterocycles. The van der Waals surface area contributed by atoms with Gasteiger partial charge in [0.05, 0.1) is 0 Å². The molecule has 1 aliphatic heterocycles. The molecule has 3 rings (SSSR count). The van der Waals surface area contributed by atoms with Crippen LogP contribution in [0.5, 0.6) is 0 Å². The van der Waals surface area contributed by atoms with Gasteiger partial charge in [0.15, 0.2) is 0 Å². The molecule has 2 nitrogen and oxygen atoms in total. The molecular weight excluding hydrogens is 256 g/mol. The molecule has 2 atom stereocenters. The SMILES string of the molecule is CCN1CC(Cc2ccccc2)CC(NC2CCCC2)C1. The summed E-state index contributed by atoms with van der Waals surface area (Å²) in [6.07, 6.45) is 8.23. The zero-order valence-electron chi connectivity index (χ0n) is 13.4. The lowest BCUT2D eigenvalue weighted by Crippen LogP contribution is -2.51. The lowest BCUT2D eigenvalue weighted by molar-refractivity contribution is 0.140. The van der Waals surface area contributed by atoms with Gasteiger partial charge in [-0.15, -0.1) is 0 Å². The van der Waals surface area contributed by atoms with Gasteiger partial charge in [0, 0.05) is 25.2 Å². The fraction of sp³-hybridized carbons (Fsp3) is 0.684. The molecule has 116 valence electrons. The van der Waals surface area contributed by atoms with Crippen LogP contribution in [-0.2, 0) is 6.42 Å². The lowest BCUT2D eigenvalue weighted by Gasteiger charge is -2.39. The van der Waals surface area contributed by atoms with E-state index in [2.05, 4.69) is 47.5 Å². The Morgan fingerprint density at radius 3 is 2.52 bits per heavy atom. The molecule has 2 heteroatoms. The maximum absolute atomic E-state index is 3.96. The van der Waals surface area contributed by atoms with E-state index in [4.69, 9.17) is 0 Å². The average Bonchev–Trinajstić information content (AvgIpc) is 3.01. The Hall–Kier alpha value is -0.860. The number of likely N-dealkylation sites (N-methyl/N-ethyl adjacent to an activating group) is 1. The van der Waals surface area contributed by atoms with Gasteiger partial charge < -0.3 is 10.2 Å². The van der Waals surface area contributed by atoms with Crippen molar-refractivity contribution in [1.29, 1.82) is 0 Å². The van der Waals surface area contributed by atoms with Crippen molar-refractivity contribution in [3.63, 3.8) is 0 Å². The summed E-state index contributed by atoms with van der Waals surface area (Å²) in [5, 5.41) is 3.96. The van der Waals surface area contributed by atoms with Gasteiger partial charge in [0.2, 0.25) is 0 Å². The first-order valence-electron chi connectivity index (χ1n) is 8.86. The van der Waals surface area contributed by atoms with E-state index in [1.807, 2.05) is 0 Å². The molecule has 1 saturated heterocycles. The van der Waals surface area contributed by atoms with Crippen LogP contribution >= 0.6 is 0 Å². The molecule has 1 saturated carbocycles. The smallest absolute Gasteiger partial charge is 0.0200 e. The Morgan fingerprint density at radius 1 is 1.05 bits per heavy atom. The molecule has 1 heterocycles. The molecule has 0 bridgehead atoms. The molecule has 2 fully saturated rings. The van der Waals surface area contributed by atoms with Crippen molar-refractivity contribution >= 4 is 0 Å². The van der Waals surface area contributed by atoms with Crippen LogP contribution < -0.4 is 5.32 Å². The Morgan fingerprint density at radius 2 is 1.81 bits per heavy atom. The van der Waals surface area contributed by atoms with E-state index in [-0.39, 0.29) is 0 Å². The molecule has 2 aliphatic rings. The van der Waals surface area contributed by atoms with Gasteiger partial charge in [-0.05, 0) is 43.7 Å². The number of hydrogen-bond acceptors (Lipinski definition) is 2. The highest BCUT2D eigenvalue weighted by molar-refractivity contribution is 5.15. The Bertz CT molecular complexity index is 411. The van der Waals surface area contributed by atoms with Crippen molar-refractivity contribution in [2.45, 2.75) is 57.5 Å². The van der Waals surface area contributed by atoms with Crippen molar-refractivity contribution < 1.29 is 0 Å². The normalized spacial score (nSPS) is 28.0. The number of rotatable bonds is 5. The average molecular weight is 286 g/mol. The third-order valence-electron chi connectivity index (χ3n) is 5.25. The van der Waals surface area contributed by atoms with Gasteiger partial charge in [-0.1, -0.05) is 50.1 Å². The summed E-state index contributed by atoms with van der Waals surface area (Å²) in [4.78, 5) is 2.64. The Labute approximate surface area is 129 Å². The minimum absolute atomic E-state index is 0.704. The van der Waals surface area contributed by atoms with Gasteiger partial charge in [-0.3, -0.25) is 0 Å². The topological polar surface area (TPSA) is 15.3 Å². The largest absolute Gasteiger partial charge is 0.310 e.